The average molecular weight is 262 g/mol. The fourth-order valence-corrected chi connectivity index (χ4v) is 2.52. The maximum Gasteiger partial charge on any atom is 1.00 e. The molecule has 0 fully saturated rings. The van der Waals surface area contributed by atoms with Gasteiger partial charge in [0.15, 0.2) is 0 Å². The molecular weight excluding hydrogens is 254 g/mol. The van der Waals surface area contributed by atoms with E-state index in [-0.39, 0.29) is 59.1 Å². The zero-order valence-corrected chi connectivity index (χ0v) is 13.9. The Morgan fingerprint density at radius 3 is 1.29 bits per heavy atom. The van der Waals surface area contributed by atoms with Crippen molar-refractivity contribution in [3.05, 3.63) is 0 Å². The predicted octanol–water partition coefficient (Wildman–Crippen LogP) is -7.28. The molecule has 10 heteroatoms. The summed E-state index contributed by atoms with van der Waals surface area (Å²) in [5.41, 5.74) is 0. The molecule has 0 saturated heterocycles. The summed E-state index contributed by atoms with van der Waals surface area (Å²) in [6, 6.07) is 0. The SMILES string of the molecule is CC(CS(=O)(=O)[O-])CS(=O)(=O)[O-].[Na+].[Na+]. The maximum absolute atomic E-state index is 10.1. The summed E-state index contributed by atoms with van der Waals surface area (Å²) in [5.74, 6) is -2.60. The Morgan fingerprint density at radius 1 is 0.929 bits per heavy atom. The van der Waals surface area contributed by atoms with Crippen molar-refractivity contribution in [3.8, 4) is 0 Å². The van der Waals surface area contributed by atoms with E-state index in [1.807, 2.05) is 0 Å². The van der Waals surface area contributed by atoms with Crippen LogP contribution in [0.3, 0.4) is 0 Å². The van der Waals surface area contributed by atoms with E-state index in [0.717, 1.165) is 0 Å². The molecule has 0 aromatic heterocycles. The van der Waals surface area contributed by atoms with Crippen LogP contribution in [0.5, 0.6) is 0 Å². The fourth-order valence-electron chi connectivity index (χ4n) is 0.745. The molecule has 0 amide bonds. The van der Waals surface area contributed by atoms with Gasteiger partial charge in [0.05, 0.1) is 20.2 Å². The van der Waals surface area contributed by atoms with Crippen LogP contribution in [0.1, 0.15) is 6.92 Å². The van der Waals surface area contributed by atoms with Crippen molar-refractivity contribution in [2.75, 3.05) is 11.5 Å². The average Bonchev–Trinajstić information content (AvgIpc) is 1.49. The first-order chi connectivity index (χ1) is 5.10. The van der Waals surface area contributed by atoms with Gasteiger partial charge in [-0.2, -0.15) is 0 Å². The summed E-state index contributed by atoms with van der Waals surface area (Å²) in [7, 11) is -8.90. The molecule has 0 aromatic rings. The van der Waals surface area contributed by atoms with Crippen molar-refractivity contribution in [1.29, 1.82) is 0 Å². The normalized spacial score (nSPS) is 11.7. The minimum absolute atomic E-state index is 0. The first kappa shape index (κ1) is 21.1. The number of hydrogen-bond acceptors (Lipinski definition) is 6. The molecule has 0 heterocycles. The molecule has 14 heavy (non-hydrogen) atoms. The van der Waals surface area contributed by atoms with Crippen LogP contribution in [0.15, 0.2) is 0 Å². The van der Waals surface area contributed by atoms with Gasteiger partial charge in [-0.25, -0.2) is 16.8 Å². The van der Waals surface area contributed by atoms with Crippen LogP contribution in [-0.2, 0) is 20.2 Å². The Labute approximate surface area is 128 Å². The molecule has 0 aliphatic heterocycles. The van der Waals surface area contributed by atoms with Crippen LogP contribution in [0, 0.1) is 5.92 Å². The van der Waals surface area contributed by atoms with Gasteiger partial charge in [-0.1, -0.05) is 6.92 Å². The predicted molar refractivity (Wildman–Crippen MR) is 38.3 cm³/mol. The Bertz CT molecular complexity index is 299. The smallest absolute Gasteiger partial charge is 0.748 e. The van der Waals surface area contributed by atoms with Crippen LogP contribution in [-0.4, -0.2) is 37.4 Å². The Kier molecular flexibility index (Phi) is 12.1. The van der Waals surface area contributed by atoms with E-state index in [0.29, 0.717) is 0 Å². The minimum atomic E-state index is -4.45. The van der Waals surface area contributed by atoms with Crippen LogP contribution >= 0.6 is 0 Å². The molecule has 0 bridgehead atoms. The van der Waals surface area contributed by atoms with Gasteiger partial charge in [-0.15, -0.1) is 0 Å². The van der Waals surface area contributed by atoms with Crippen LogP contribution in [0.4, 0.5) is 0 Å². The van der Waals surface area contributed by atoms with E-state index in [1.54, 1.807) is 0 Å². The quantitative estimate of drug-likeness (QED) is 0.367. The maximum atomic E-state index is 10.1. The standard InChI is InChI=1S/C4H10O6S2.2Na/c1-4(2-11(5,6)7)3-12(8,9)10;;/h4H,2-3H2,1H3,(H,5,6,7)(H,8,9,10);;/q;2*+1/p-2. The van der Waals surface area contributed by atoms with Gasteiger partial charge in [-0.3, -0.25) is 0 Å². The van der Waals surface area contributed by atoms with E-state index < -0.39 is 37.7 Å². The van der Waals surface area contributed by atoms with E-state index in [1.165, 1.54) is 6.92 Å². The zero-order valence-electron chi connectivity index (χ0n) is 8.26. The fraction of sp³-hybridized carbons (Fsp3) is 1.00. The largest absolute Gasteiger partial charge is 1.00 e. The first-order valence-electron chi connectivity index (χ1n) is 2.97. The van der Waals surface area contributed by atoms with Gasteiger partial charge >= 0.3 is 59.1 Å². The van der Waals surface area contributed by atoms with Crippen LogP contribution in [0.25, 0.3) is 0 Å². The topological polar surface area (TPSA) is 114 Å². The van der Waals surface area contributed by atoms with E-state index >= 15 is 0 Å². The van der Waals surface area contributed by atoms with E-state index in [4.69, 9.17) is 0 Å². The molecule has 0 unspecified atom stereocenters. The molecule has 0 spiro atoms. The number of hydrogen-bond donors (Lipinski definition) is 0. The third-order valence-electron chi connectivity index (χ3n) is 0.977. The third-order valence-corrected chi connectivity index (χ3v) is 2.93. The zero-order chi connectivity index (χ0) is 9.99. The van der Waals surface area contributed by atoms with Gasteiger partial charge in [-0.05, 0) is 5.92 Å². The molecule has 6 nitrogen and oxygen atoms in total. The molecule has 0 aliphatic carbocycles. The van der Waals surface area contributed by atoms with E-state index in [2.05, 4.69) is 0 Å². The molecule has 0 atom stereocenters. The van der Waals surface area contributed by atoms with Crippen LogP contribution in [0.2, 0.25) is 0 Å². The second kappa shape index (κ2) is 7.99. The van der Waals surface area contributed by atoms with Gasteiger partial charge < -0.3 is 9.11 Å². The molecule has 0 saturated carbocycles. The monoisotopic (exact) mass is 262 g/mol. The third kappa shape index (κ3) is 16.3. The minimum Gasteiger partial charge on any atom is -0.748 e. The molecule has 0 aromatic carbocycles. The summed E-state index contributed by atoms with van der Waals surface area (Å²) >= 11 is 0. The number of rotatable bonds is 4. The Morgan fingerprint density at radius 2 is 1.14 bits per heavy atom. The summed E-state index contributed by atoms with van der Waals surface area (Å²) in [5, 5.41) is 0. The molecule has 0 aliphatic rings. The van der Waals surface area contributed by atoms with E-state index in [9.17, 15) is 25.9 Å². The molecular formula is C4H8Na2O6S2. The summed E-state index contributed by atoms with van der Waals surface area (Å²) in [4.78, 5) is 0. The van der Waals surface area contributed by atoms with Crippen molar-refractivity contribution < 1.29 is 85.1 Å². The molecule has 74 valence electrons. The van der Waals surface area contributed by atoms with Crippen molar-refractivity contribution in [2.45, 2.75) is 6.92 Å². The van der Waals surface area contributed by atoms with Crippen molar-refractivity contribution >= 4 is 20.2 Å². The second-order valence-corrected chi connectivity index (χ2v) is 5.45. The second-order valence-electron chi connectivity index (χ2n) is 2.55. The van der Waals surface area contributed by atoms with Gasteiger partial charge in [0, 0.05) is 11.5 Å². The molecule has 0 rings (SSSR count). The van der Waals surface area contributed by atoms with Gasteiger partial charge in [0.25, 0.3) is 0 Å². The van der Waals surface area contributed by atoms with Crippen molar-refractivity contribution in [2.24, 2.45) is 5.92 Å². The van der Waals surface area contributed by atoms with Crippen LogP contribution < -0.4 is 59.1 Å². The summed E-state index contributed by atoms with van der Waals surface area (Å²) in [6.07, 6.45) is 0. The molecule has 0 N–H and O–H groups in total. The van der Waals surface area contributed by atoms with Crippen molar-refractivity contribution in [3.63, 3.8) is 0 Å². The van der Waals surface area contributed by atoms with Gasteiger partial charge in [0.2, 0.25) is 0 Å². The summed E-state index contributed by atoms with van der Waals surface area (Å²) in [6.45, 7) is 1.21. The molecule has 0 radical (unpaired) electrons. The van der Waals surface area contributed by atoms with Crippen molar-refractivity contribution in [1.82, 2.24) is 0 Å². The van der Waals surface area contributed by atoms with Gasteiger partial charge in [0.1, 0.15) is 0 Å². The summed E-state index contributed by atoms with van der Waals surface area (Å²) < 4.78 is 60.5. The Balaban J connectivity index is -0.000000605. The first-order valence-corrected chi connectivity index (χ1v) is 6.13. The Hall–Kier alpha value is 1.82.